The fourth-order valence-corrected chi connectivity index (χ4v) is 3.27. The van der Waals surface area contributed by atoms with Crippen LogP contribution in [0.25, 0.3) is 0 Å². The van der Waals surface area contributed by atoms with Crippen LogP contribution in [0.4, 0.5) is 0 Å². The molecule has 19 heavy (non-hydrogen) atoms. The fraction of sp³-hybridized carbons (Fsp3) is 0.200. The molecule has 0 N–H and O–H groups in total. The lowest BCUT2D eigenvalue weighted by molar-refractivity contribution is 1.10. The van der Waals surface area contributed by atoms with Crippen molar-refractivity contribution >= 4 is 50.7 Å². The molecule has 0 aliphatic heterocycles. The van der Waals surface area contributed by atoms with Crippen LogP contribution >= 0.6 is 50.7 Å². The highest BCUT2D eigenvalue weighted by Gasteiger charge is 2.18. The van der Waals surface area contributed by atoms with Gasteiger partial charge in [-0.1, -0.05) is 41.4 Å². The highest BCUT2D eigenvalue weighted by molar-refractivity contribution is 9.10. The van der Waals surface area contributed by atoms with Crippen LogP contribution in [-0.4, -0.2) is 0 Å². The number of hydrogen-bond donors (Lipinski definition) is 0. The van der Waals surface area contributed by atoms with Crippen molar-refractivity contribution < 1.29 is 0 Å². The molecule has 100 valence electrons. The van der Waals surface area contributed by atoms with E-state index in [4.69, 9.17) is 34.8 Å². The topological polar surface area (TPSA) is 0 Å². The first-order valence-electron chi connectivity index (χ1n) is 5.76. The maximum atomic E-state index is 6.59. The summed E-state index contributed by atoms with van der Waals surface area (Å²) < 4.78 is 0.848. The third-order valence-electron chi connectivity index (χ3n) is 3.07. The molecule has 1 atom stereocenters. The summed E-state index contributed by atoms with van der Waals surface area (Å²) in [5.41, 5.74) is 4.00. The molecule has 0 heterocycles. The molecule has 2 aromatic carbocycles. The predicted octanol–water partition coefficient (Wildman–Crippen LogP) is 6.70. The van der Waals surface area contributed by atoms with E-state index in [9.17, 15) is 0 Å². The van der Waals surface area contributed by atoms with Gasteiger partial charge < -0.3 is 0 Å². The predicted molar refractivity (Wildman–Crippen MR) is 87.8 cm³/mol. The molecule has 1 unspecified atom stereocenters. The Morgan fingerprint density at radius 3 is 2.37 bits per heavy atom. The van der Waals surface area contributed by atoms with Gasteiger partial charge >= 0.3 is 0 Å². The maximum absolute atomic E-state index is 6.59. The number of benzene rings is 2. The highest BCUT2D eigenvalue weighted by Crippen LogP contribution is 2.39. The second-order valence-corrected chi connectivity index (χ2v) is 6.54. The summed E-state index contributed by atoms with van der Waals surface area (Å²) in [4.78, 5) is 0. The molecule has 0 saturated heterocycles. The van der Waals surface area contributed by atoms with Crippen LogP contribution in [0, 0.1) is 13.8 Å². The van der Waals surface area contributed by atoms with Crippen LogP contribution < -0.4 is 0 Å². The largest absolute Gasteiger partial charge is 0.113 e. The average molecular weight is 379 g/mol. The van der Waals surface area contributed by atoms with Gasteiger partial charge in [-0.15, -0.1) is 11.6 Å². The molecular weight excluding hydrogens is 366 g/mol. The Kier molecular flexibility index (Phi) is 4.84. The van der Waals surface area contributed by atoms with Gasteiger partial charge in [0.05, 0.1) is 10.4 Å². The van der Waals surface area contributed by atoms with E-state index < -0.39 is 0 Å². The van der Waals surface area contributed by atoms with Gasteiger partial charge in [-0.3, -0.25) is 0 Å². The second kappa shape index (κ2) is 6.05. The first-order chi connectivity index (χ1) is 8.91. The molecular formula is C15H12BrCl3. The van der Waals surface area contributed by atoms with Gasteiger partial charge in [0.15, 0.2) is 0 Å². The molecule has 0 radical (unpaired) electrons. The Hall–Kier alpha value is -0.210. The third kappa shape index (κ3) is 3.11. The lowest BCUT2D eigenvalue weighted by Gasteiger charge is -2.16. The summed E-state index contributed by atoms with van der Waals surface area (Å²) in [5.74, 6) is 0. The summed E-state index contributed by atoms with van der Waals surface area (Å²) in [6.07, 6.45) is 0. The van der Waals surface area contributed by atoms with Crippen LogP contribution in [0.3, 0.4) is 0 Å². The first kappa shape index (κ1) is 15.2. The molecule has 0 fully saturated rings. The minimum atomic E-state index is -0.291. The van der Waals surface area contributed by atoms with Gasteiger partial charge in [-0.2, -0.15) is 0 Å². The number of rotatable bonds is 2. The molecule has 0 amide bonds. The van der Waals surface area contributed by atoms with Crippen molar-refractivity contribution in [3.05, 3.63) is 67.1 Å². The molecule has 4 heteroatoms. The van der Waals surface area contributed by atoms with E-state index in [0.717, 1.165) is 31.7 Å². The molecule has 2 rings (SSSR count). The maximum Gasteiger partial charge on any atom is 0.0852 e. The van der Waals surface area contributed by atoms with Crippen LogP contribution in [0.15, 0.2) is 34.8 Å². The van der Waals surface area contributed by atoms with Gasteiger partial charge in [0.1, 0.15) is 0 Å². The quantitative estimate of drug-likeness (QED) is 0.510. The van der Waals surface area contributed by atoms with Crippen molar-refractivity contribution in [2.45, 2.75) is 19.2 Å². The Morgan fingerprint density at radius 2 is 1.68 bits per heavy atom. The fourth-order valence-electron chi connectivity index (χ4n) is 1.96. The standard InChI is InChI=1S/C15H12BrCl3/c1-8-7-13(17)9(2)6-11(8)14(18)10-4-3-5-12(16)15(10)19/h3-7,14H,1-2H3. The molecule has 0 saturated carbocycles. The van der Waals surface area contributed by atoms with Crippen molar-refractivity contribution in [1.29, 1.82) is 0 Å². The summed E-state index contributed by atoms with van der Waals surface area (Å²) >= 11 is 22.4. The van der Waals surface area contributed by atoms with Crippen LogP contribution in [-0.2, 0) is 0 Å². The number of hydrogen-bond acceptors (Lipinski definition) is 0. The van der Waals surface area contributed by atoms with Crippen molar-refractivity contribution in [3.8, 4) is 0 Å². The normalized spacial score (nSPS) is 12.5. The smallest absolute Gasteiger partial charge is 0.0852 e. The third-order valence-corrected chi connectivity index (χ3v) is 5.26. The SMILES string of the molecule is Cc1cc(C(Cl)c2cccc(Br)c2Cl)c(C)cc1Cl. The van der Waals surface area contributed by atoms with Crippen LogP contribution in [0.2, 0.25) is 10.0 Å². The minimum absolute atomic E-state index is 0.291. The lowest BCUT2D eigenvalue weighted by atomic mass is 9.98. The number of aryl methyl sites for hydroxylation is 2. The zero-order valence-electron chi connectivity index (χ0n) is 10.5. The average Bonchev–Trinajstić information content (AvgIpc) is 2.36. The molecule has 0 aliphatic rings. The molecule has 0 spiro atoms. The van der Waals surface area contributed by atoms with E-state index in [2.05, 4.69) is 15.9 Å². The van der Waals surface area contributed by atoms with E-state index >= 15 is 0 Å². The zero-order valence-corrected chi connectivity index (χ0v) is 14.3. The van der Waals surface area contributed by atoms with Crippen molar-refractivity contribution in [3.63, 3.8) is 0 Å². The van der Waals surface area contributed by atoms with Crippen molar-refractivity contribution in [2.75, 3.05) is 0 Å². The van der Waals surface area contributed by atoms with Gasteiger partial charge in [0.25, 0.3) is 0 Å². The molecule has 0 aromatic heterocycles. The van der Waals surface area contributed by atoms with Gasteiger partial charge in [-0.05, 0) is 64.2 Å². The second-order valence-electron chi connectivity index (χ2n) is 4.46. The van der Waals surface area contributed by atoms with E-state index in [1.165, 1.54) is 0 Å². The summed E-state index contributed by atoms with van der Waals surface area (Å²) in [6, 6.07) is 9.72. The lowest BCUT2D eigenvalue weighted by Crippen LogP contribution is -1.99. The molecule has 0 bridgehead atoms. The monoisotopic (exact) mass is 376 g/mol. The van der Waals surface area contributed by atoms with Gasteiger partial charge in [-0.25, -0.2) is 0 Å². The Balaban J connectivity index is 2.53. The van der Waals surface area contributed by atoms with Crippen LogP contribution in [0.5, 0.6) is 0 Å². The molecule has 2 aromatic rings. The Bertz CT molecular complexity index is 623. The number of alkyl halides is 1. The molecule has 0 nitrogen and oxygen atoms in total. The number of halogens is 4. The Morgan fingerprint density at radius 1 is 1.00 bits per heavy atom. The van der Waals surface area contributed by atoms with E-state index in [-0.39, 0.29) is 5.38 Å². The van der Waals surface area contributed by atoms with Gasteiger partial charge in [0, 0.05) is 9.50 Å². The van der Waals surface area contributed by atoms with E-state index in [1.807, 2.05) is 44.2 Å². The first-order valence-corrected chi connectivity index (χ1v) is 7.75. The molecule has 0 aliphatic carbocycles. The minimum Gasteiger partial charge on any atom is -0.113 e. The summed E-state index contributed by atoms with van der Waals surface area (Å²) in [6.45, 7) is 3.97. The van der Waals surface area contributed by atoms with Crippen molar-refractivity contribution in [1.82, 2.24) is 0 Å². The van der Waals surface area contributed by atoms with Gasteiger partial charge in [0.2, 0.25) is 0 Å². The summed E-state index contributed by atoms with van der Waals surface area (Å²) in [7, 11) is 0. The van der Waals surface area contributed by atoms with Crippen molar-refractivity contribution in [2.24, 2.45) is 0 Å². The highest BCUT2D eigenvalue weighted by atomic mass is 79.9. The van der Waals surface area contributed by atoms with E-state index in [0.29, 0.717) is 5.02 Å². The Labute approximate surface area is 136 Å². The van der Waals surface area contributed by atoms with E-state index in [1.54, 1.807) is 0 Å². The summed E-state index contributed by atoms with van der Waals surface area (Å²) in [5, 5.41) is 1.11. The zero-order chi connectivity index (χ0) is 14.2. The van der Waals surface area contributed by atoms with Crippen LogP contribution in [0.1, 0.15) is 27.6 Å².